The second-order valence-corrected chi connectivity index (χ2v) is 7.22. The predicted molar refractivity (Wildman–Crippen MR) is 107 cm³/mol. The van der Waals surface area contributed by atoms with E-state index < -0.39 is 30.4 Å². The van der Waals surface area contributed by atoms with Gasteiger partial charge in [-0.1, -0.05) is 23.2 Å². The third kappa shape index (κ3) is 5.93. The third-order valence-electron chi connectivity index (χ3n) is 4.32. The van der Waals surface area contributed by atoms with Crippen molar-refractivity contribution in [3.8, 4) is 0 Å². The molecular formula is C21H20Cl2O6. The lowest BCUT2D eigenvalue weighted by atomic mass is 10.1. The van der Waals surface area contributed by atoms with Crippen molar-refractivity contribution in [2.45, 2.75) is 31.8 Å². The molecule has 0 aliphatic carbocycles. The van der Waals surface area contributed by atoms with Gasteiger partial charge < -0.3 is 18.9 Å². The number of halogens is 2. The van der Waals surface area contributed by atoms with Gasteiger partial charge in [0.05, 0.1) is 11.1 Å². The van der Waals surface area contributed by atoms with Gasteiger partial charge in [-0.25, -0.2) is 9.59 Å². The molecule has 6 nitrogen and oxygen atoms in total. The second kappa shape index (κ2) is 10.1. The van der Waals surface area contributed by atoms with Gasteiger partial charge in [-0.2, -0.15) is 0 Å². The monoisotopic (exact) mass is 438 g/mol. The molecule has 154 valence electrons. The van der Waals surface area contributed by atoms with Crippen molar-refractivity contribution < 1.29 is 28.5 Å². The lowest BCUT2D eigenvalue weighted by Gasteiger charge is -2.19. The summed E-state index contributed by atoms with van der Waals surface area (Å²) in [7, 11) is 0. The molecule has 0 bridgehead atoms. The van der Waals surface area contributed by atoms with E-state index in [1.807, 2.05) is 6.92 Å². The molecule has 1 aliphatic rings. The van der Waals surface area contributed by atoms with Crippen LogP contribution in [-0.2, 0) is 18.9 Å². The summed E-state index contributed by atoms with van der Waals surface area (Å²) in [5.74, 6) is -1.03. The van der Waals surface area contributed by atoms with Crippen molar-refractivity contribution in [2.75, 3.05) is 13.2 Å². The van der Waals surface area contributed by atoms with E-state index in [0.29, 0.717) is 34.2 Å². The van der Waals surface area contributed by atoms with Crippen LogP contribution in [0.5, 0.6) is 0 Å². The Morgan fingerprint density at radius 3 is 2.07 bits per heavy atom. The Labute approximate surface area is 178 Å². The number of esters is 2. The SMILES string of the molecule is CCO[C@@H]1C[C@H](OC(=O)c2ccc(Cl)cc2)[C@@H](COC(=O)c2ccc(Cl)cc2)O1. The van der Waals surface area contributed by atoms with E-state index in [4.69, 9.17) is 42.1 Å². The fourth-order valence-electron chi connectivity index (χ4n) is 2.86. The molecule has 8 heteroatoms. The maximum Gasteiger partial charge on any atom is 0.338 e. The number of ether oxygens (including phenoxy) is 4. The van der Waals surface area contributed by atoms with Crippen LogP contribution in [0.15, 0.2) is 48.5 Å². The summed E-state index contributed by atoms with van der Waals surface area (Å²) >= 11 is 11.7. The predicted octanol–water partition coefficient (Wildman–Crippen LogP) is 4.53. The standard InChI is InChI=1S/C21H20Cl2O6/c1-2-26-19-11-17(29-21(25)14-5-9-16(23)10-6-14)18(28-19)12-27-20(24)13-3-7-15(22)8-4-13/h3-10,17-19H,2,11-12H2,1H3/t17-,18+,19-/m0/s1. The largest absolute Gasteiger partial charge is 0.459 e. The molecule has 1 saturated heterocycles. The highest BCUT2D eigenvalue weighted by molar-refractivity contribution is 6.30. The van der Waals surface area contributed by atoms with Crippen molar-refractivity contribution in [2.24, 2.45) is 0 Å². The lowest BCUT2D eigenvalue weighted by molar-refractivity contribution is -0.141. The van der Waals surface area contributed by atoms with Crippen LogP contribution in [-0.4, -0.2) is 43.7 Å². The van der Waals surface area contributed by atoms with Gasteiger partial charge in [-0.05, 0) is 55.5 Å². The van der Waals surface area contributed by atoms with Crippen molar-refractivity contribution in [1.29, 1.82) is 0 Å². The maximum atomic E-state index is 12.4. The summed E-state index contributed by atoms with van der Waals surface area (Å²) in [6.45, 7) is 2.20. The van der Waals surface area contributed by atoms with Crippen molar-refractivity contribution in [3.63, 3.8) is 0 Å². The lowest BCUT2D eigenvalue weighted by Crippen LogP contribution is -2.32. The molecule has 1 heterocycles. The molecule has 0 radical (unpaired) electrons. The summed E-state index contributed by atoms with van der Waals surface area (Å²) in [6.07, 6.45) is -1.45. The summed E-state index contributed by atoms with van der Waals surface area (Å²) in [5.41, 5.74) is 0.731. The minimum absolute atomic E-state index is 0.0798. The fraction of sp³-hybridized carbons (Fsp3) is 0.333. The fourth-order valence-corrected chi connectivity index (χ4v) is 3.11. The number of carbonyl (C=O) groups is 2. The van der Waals surface area contributed by atoms with Gasteiger partial charge in [-0.15, -0.1) is 0 Å². The van der Waals surface area contributed by atoms with Crippen molar-refractivity contribution in [3.05, 3.63) is 69.7 Å². The molecule has 29 heavy (non-hydrogen) atoms. The molecule has 0 aromatic heterocycles. The van der Waals surface area contributed by atoms with Crippen LogP contribution in [0.25, 0.3) is 0 Å². The first-order valence-electron chi connectivity index (χ1n) is 9.12. The van der Waals surface area contributed by atoms with Crippen LogP contribution < -0.4 is 0 Å². The van der Waals surface area contributed by atoms with Gasteiger partial charge in [0.2, 0.25) is 0 Å². The van der Waals surface area contributed by atoms with Gasteiger partial charge in [0.1, 0.15) is 18.8 Å². The number of carbonyl (C=O) groups excluding carboxylic acids is 2. The molecule has 3 atom stereocenters. The molecule has 0 saturated carbocycles. The average molecular weight is 439 g/mol. The van der Waals surface area contributed by atoms with E-state index in [1.165, 1.54) is 0 Å². The zero-order valence-corrected chi connectivity index (χ0v) is 17.2. The quantitative estimate of drug-likeness (QED) is 0.591. The Morgan fingerprint density at radius 2 is 1.52 bits per heavy atom. The van der Waals surface area contributed by atoms with Crippen LogP contribution in [0.2, 0.25) is 10.0 Å². The van der Waals surface area contributed by atoms with Crippen molar-refractivity contribution in [1.82, 2.24) is 0 Å². The molecule has 0 amide bonds. The third-order valence-corrected chi connectivity index (χ3v) is 4.82. The van der Waals surface area contributed by atoms with E-state index >= 15 is 0 Å². The Morgan fingerprint density at radius 1 is 0.966 bits per heavy atom. The van der Waals surface area contributed by atoms with Crippen LogP contribution in [0.1, 0.15) is 34.1 Å². The van der Waals surface area contributed by atoms with Gasteiger partial charge in [0.25, 0.3) is 0 Å². The Hall–Kier alpha value is -2.12. The summed E-state index contributed by atoms with van der Waals surface area (Å²) in [4.78, 5) is 24.7. The summed E-state index contributed by atoms with van der Waals surface area (Å²) in [5, 5.41) is 1.04. The molecule has 2 aromatic carbocycles. The summed E-state index contributed by atoms with van der Waals surface area (Å²) in [6, 6.07) is 12.7. The van der Waals surface area contributed by atoms with Crippen LogP contribution in [0.3, 0.4) is 0 Å². The molecule has 0 N–H and O–H groups in total. The number of hydrogen-bond acceptors (Lipinski definition) is 6. The highest BCUT2D eigenvalue weighted by atomic mass is 35.5. The van der Waals surface area contributed by atoms with Crippen molar-refractivity contribution >= 4 is 35.1 Å². The van der Waals surface area contributed by atoms with E-state index in [0.717, 1.165) is 0 Å². The Bertz CT molecular complexity index is 837. The average Bonchev–Trinajstić information content (AvgIpc) is 3.08. The molecule has 0 unspecified atom stereocenters. The highest BCUT2D eigenvalue weighted by Gasteiger charge is 2.39. The van der Waals surface area contributed by atoms with Gasteiger partial charge in [-0.3, -0.25) is 0 Å². The normalized spacial score (nSPS) is 21.0. The highest BCUT2D eigenvalue weighted by Crippen LogP contribution is 2.26. The van der Waals surface area contributed by atoms with Crippen LogP contribution in [0.4, 0.5) is 0 Å². The minimum atomic E-state index is -0.640. The Balaban J connectivity index is 1.62. The first kappa shape index (κ1) is 21.6. The van der Waals surface area contributed by atoms with Crippen LogP contribution in [0, 0.1) is 0 Å². The minimum Gasteiger partial charge on any atom is -0.459 e. The molecular weight excluding hydrogens is 419 g/mol. The second-order valence-electron chi connectivity index (χ2n) is 6.35. The van der Waals surface area contributed by atoms with E-state index in [9.17, 15) is 9.59 Å². The maximum absolute atomic E-state index is 12.4. The van der Waals surface area contributed by atoms with E-state index in [2.05, 4.69) is 0 Å². The first-order valence-corrected chi connectivity index (χ1v) is 9.88. The topological polar surface area (TPSA) is 71.1 Å². The Kier molecular flexibility index (Phi) is 7.50. The number of rotatable bonds is 7. The van der Waals surface area contributed by atoms with Crippen LogP contribution >= 0.6 is 23.2 Å². The first-order chi connectivity index (χ1) is 14.0. The molecule has 2 aromatic rings. The number of benzene rings is 2. The van der Waals surface area contributed by atoms with Gasteiger partial charge in [0.15, 0.2) is 6.29 Å². The molecule has 0 spiro atoms. The molecule has 1 aliphatic heterocycles. The van der Waals surface area contributed by atoms with E-state index in [1.54, 1.807) is 48.5 Å². The molecule has 3 rings (SSSR count). The molecule has 1 fully saturated rings. The summed E-state index contributed by atoms with van der Waals surface area (Å²) < 4.78 is 22.2. The smallest absolute Gasteiger partial charge is 0.338 e. The number of hydrogen-bond donors (Lipinski definition) is 0. The zero-order chi connectivity index (χ0) is 20.8. The van der Waals surface area contributed by atoms with E-state index in [-0.39, 0.29) is 6.61 Å². The van der Waals surface area contributed by atoms with Gasteiger partial charge >= 0.3 is 11.9 Å². The van der Waals surface area contributed by atoms with Gasteiger partial charge in [0, 0.05) is 23.1 Å². The zero-order valence-electron chi connectivity index (χ0n) is 15.7.